The molecule has 0 spiro atoms. The van der Waals surface area contributed by atoms with Crippen LogP contribution in [-0.2, 0) is 10.0 Å². The van der Waals surface area contributed by atoms with Crippen LogP contribution in [0.25, 0.3) is 0 Å². The van der Waals surface area contributed by atoms with Gasteiger partial charge in [-0.2, -0.15) is 26.3 Å². The molecule has 0 aliphatic heterocycles. The van der Waals surface area contributed by atoms with Gasteiger partial charge in [0.25, 0.3) is 10.0 Å². The van der Waals surface area contributed by atoms with Crippen molar-refractivity contribution in [1.82, 2.24) is 0 Å². The van der Waals surface area contributed by atoms with E-state index in [9.17, 15) is 39.2 Å². The zero-order chi connectivity index (χ0) is 21.9. The number of hydrogen-bond acceptors (Lipinski definition) is 4. The van der Waals surface area contributed by atoms with Crippen LogP contribution in [-0.4, -0.2) is 34.0 Å². The molecule has 160 valence electrons. The second kappa shape index (κ2) is 8.35. The number of ether oxygens (including phenoxy) is 2. The molecule has 29 heavy (non-hydrogen) atoms. The van der Waals surface area contributed by atoms with Crippen LogP contribution in [0.3, 0.4) is 0 Å². The molecule has 1 N–H and O–H groups in total. The average Bonchev–Trinajstić information content (AvgIpc) is 2.57. The smallest absolute Gasteiger partial charge is 0.422 e. The molecule has 2 rings (SSSR count). The lowest BCUT2D eigenvalue weighted by Crippen LogP contribution is -2.20. The molecule has 2 aromatic rings. The topological polar surface area (TPSA) is 64.6 Å². The first-order valence-corrected chi connectivity index (χ1v) is 9.04. The third-order valence-electron chi connectivity index (χ3n) is 3.06. The van der Waals surface area contributed by atoms with E-state index in [1.165, 1.54) is 0 Å². The Morgan fingerprint density at radius 1 is 0.793 bits per heavy atom. The average molecular weight is 447 g/mol. The molecular weight excluding hydrogens is 435 g/mol. The quantitative estimate of drug-likeness (QED) is 0.635. The van der Waals surface area contributed by atoms with E-state index in [0.29, 0.717) is 0 Å². The van der Waals surface area contributed by atoms with Gasteiger partial charge in [-0.3, -0.25) is 4.72 Å². The Morgan fingerprint density at radius 3 is 1.66 bits per heavy atom. The van der Waals surface area contributed by atoms with E-state index in [2.05, 4.69) is 9.47 Å². The van der Waals surface area contributed by atoms with Crippen LogP contribution in [0.2, 0.25) is 0 Å². The first-order valence-electron chi connectivity index (χ1n) is 7.56. The molecule has 0 unspecified atom stereocenters. The lowest BCUT2D eigenvalue weighted by atomic mass is 10.3. The first-order chi connectivity index (χ1) is 13.2. The maximum atomic E-state index is 12.9. The minimum absolute atomic E-state index is 0.390. The normalized spacial score (nSPS) is 12.5. The zero-order valence-electron chi connectivity index (χ0n) is 14.1. The molecule has 0 saturated carbocycles. The number of rotatable bonds is 7. The monoisotopic (exact) mass is 447 g/mol. The molecule has 0 bridgehead atoms. The van der Waals surface area contributed by atoms with Gasteiger partial charge in [0.1, 0.15) is 17.3 Å². The molecule has 13 heteroatoms. The van der Waals surface area contributed by atoms with E-state index in [0.717, 1.165) is 42.5 Å². The van der Waals surface area contributed by atoms with E-state index in [1.807, 2.05) is 4.72 Å². The molecule has 0 aromatic heterocycles. The van der Waals surface area contributed by atoms with Gasteiger partial charge >= 0.3 is 12.4 Å². The first kappa shape index (κ1) is 22.6. The summed E-state index contributed by atoms with van der Waals surface area (Å²) in [6.07, 6.45) is -9.48. The summed E-state index contributed by atoms with van der Waals surface area (Å²) in [4.78, 5) is -0.390. The van der Waals surface area contributed by atoms with Crippen LogP contribution >= 0.6 is 0 Å². The predicted octanol–water partition coefficient (Wildman–Crippen LogP) is 4.51. The van der Waals surface area contributed by atoms with Crippen LogP contribution in [0.5, 0.6) is 11.5 Å². The van der Waals surface area contributed by atoms with Gasteiger partial charge in [0.15, 0.2) is 13.2 Å². The predicted molar refractivity (Wildman–Crippen MR) is 86.8 cm³/mol. The van der Waals surface area contributed by atoms with Crippen molar-refractivity contribution < 1.29 is 48.6 Å². The van der Waals surface area contributed by atoms with Gasteiger partial charge in [-0.05, 0) is 24.3 Å². The molecule has 0 aliphatic rings. The molecular formula is C16H12F7NO4S. The van der Waals surface area contributed by atoms with Crippen molar-refractivity contribution in [3.05, 3.63) is 48.3 Å². The van der Waals surface area contributed by atoms with Gasteiger partial charge in [0, 0.05) is 18.2 Å². The van der Waals surface area contributed by atoms with Crippen molar-refractivity contribution >= 4 is 15.7 Å². The third-order valence-corrected chi connectivity index (χ3v) is 4.46. The maximum absolute atomic E-state index is 12.9. The van der Waals surface area contributed by atoms with E-state index in [-0.39, 0.29) is 0 Å². The highest BCUT2D eigenvalue weighted by molar-refractivity contribution is 7.92. The third kappa shape index (κ3) is 7.68. The summed E-state index contributed by atoms with van der Waals surface area (Å²) in [6, 6.07) is 5.95. The van der Waals surface area contributed by atoms with Crippen molar-refractivity contribution in [2.24, 2.45) is 0 Å². The summed E-state index contributed by atoms with van der Waals surface area (Å²) < 4.78 is 122. The summed E-state index contributed by atoms with van der Waals surface area (Å²) >= 11 is 0. The minimum Gasteiger partial charge on any atom is -0.484 e. The van der Waals surface area contributed by atoms with Crippen LogP contribution in [0.15, 0.2) is 47.4 Å². The lowest BCUT2D eigenvalue weighted by molar-refractivity contribution is -0.153. The Bertz CT molecular complexity index is 905. The molecule has 2 aromatic carbocycles. The number of alkyl halides is 6. The summed E-state index contributed by atoms with van der Waals surface area (Å²) in [5, 5.41) is 0. The van der Waals surface area contributed by atoms with Crippen LogP contribution in [0.4, 0.5) is 36.4 Å². The number of anilines is 1. The highest BCUT2D eigenvalue weighted by Gasteiger charge is 2.30. The Morgan fingerprint density at radius 2 is 1.24 bits per heavy atom. The van der Waals surface area contributed by atoms with E-state index < -0.39 is 63.5 Å². The van der Waals surface area contributed by atoms with Crippen molar-refractivity contribution in [1.29, 1.82) is 0 Å². The molecule has 0 heterocycles. The molecule has 0 aliphatic carbocycles. The fourth-order valence-electron chi connectivity index (χ4n) is 1.96. The number of sulfonamides is 1. The Balaban J connectivity index is 2.31. The Labute approximate surface area is 160 Å². The van der Waals surface area contributed by atoms with Crippen LogP contribution in [0.1, 0.15) is 0 Å². The van der Waals surface area contributed by atoms with Gasteiger partial charge < -0.3 is 9.47 Å². The van der Waals surface area contributed by atoms with Gasteiger partial charge in [0.2, 0.25) is 0 Å². The number of benzene rings is 2. The van der Waals surface area contributed by atoms with Gasteiger partial charge in [0.05, 0.1) is 10.6 Å². The Kier molecular flexibility index (Phi) is 6.50. The highest BCUT2D eigenvalue weighted by Crippen LogP contribution is 2.30. The van der Waals surface area contributed by atoms with E-state index in [1.54, 1.807) is 0 Å². The molecule has 0 fully saturated rings. The second-order valence-electron chi connectivity index (χ2n) is 5.56. The molecule has 0 atom stereocenters. The number of halogens is 7. The molecule has 0 radical (unpaired) electrons. The van der Waals surface area contributed by atoms with Gasteiger partial charge in [-0.1, -0.05) is 0 Å². The van der Waals surface area contributed by atoms with Crippen molar-refractivity contribution in [2.45, 2.75) is 17.2 Å². The minimum atomic E-state index is -4.74. The largest absolute Gasteiger partial charge is 0.484 e. The summed E-state index contributed by atoms with van der Waals surface area (Å²) in [5.41, 5.74) is -0.425. The number of nitrogens with one attached hydrogen (secondary N) is 1. The summed E-state index contributed by atoms with van der Waals surface area (Å²) in [6.45, 7) is -3.53. The van der Waals surface area contributed by atoms with Crippen molar-refractivity contribution in [2.75, 3.05) is 17.9 Å². The summed E-state index contributed by atoms with van der Waals surface area (Å²) in [5.74, 6) is -1.88. The van der Waals surface area contributed by atoms with E-state index in [4.69, 9.17) is 0 Å². The van der Waals surface area contributed by atoms with E-state index >= 15 is 0 Å². The molecule has 5 nitrogen and oxygen atoms in total. The van der Waals surface area contributed by atoms with Crippen molar-refractivity contribution in [3.8, 4) is 11.5 Å². The molecule has 0 amide bonds. The maximum Gasteiger partial charge on any atom is 0.422 e. The fourth-order valence-corrected chi connectivity index (χ4v) is 3.00. The second-order valence-corrected chi connectivity index (χ2v) is 7.24. The SMILES string of the molecule is O=S(=O)(Nc1cc(OCC(F)(F)F)cc(OCC(F)(F)F)c1)c1ccc(F)cc1. The van der Waals surface area contributed by atoms with Gasteiger partial charge in [-0.25, -0.2) is 12.8 Å². The van der Waals surface area contributed by atoms with Gasteiger partial charge in [-0.15, -0.1) is 0 Å². The Hall–Kier alpha value is -2.70. The summed E-state index contributed by atoms with van der Waals surface area (Å²) in [7, 11) is -4.32. The lowest BCUT2D eigenvalue weighted by Gasteiger charge is -2.15. The zero-order valence-corrected chi connectivity index (χ0v) is 15.0. The highest BCUT2D eigenvalue weighted by atomic mass is 32.2. The molecule has 0 saturated heterocycles. The van der Waals surface area contributed by atoms with Crippen LogP contribution < -0.4 is 14.2 Å². The number of hydrogen-bond donors (Lipinski definition) is 1. The standard InChI is InChI=1S/C16H12F7NO4S/c17-10-1-3-14(4-2-10)29(25,26)24-11-5-12(27-8-15(18,19)20)7-13(6-11)28-9-16(21,22)23/h1-7,24H,8-9H2. The fraction of sp³-hybridized carbons (Fsp3) is 0.250. The van der Waals surface area contributed by atoms with Crippen LogP contribution in [0, 0.1) is 5.82 Å². The van der Waals surface area contributed by atoms with Crippen molar-refractivity contribution in [3.63, 3.8) is 0 Å².